The molecule has 0 aliphatic heterocycles. The number of likely N-dealkylation sites (N-methyl/N-ethyl adjacent to an activating group) is 1. The Bertz CT molecular complexity index is 1640. The first kappa shape index (κ1) is 29.0. The van der Waals surface area contributed by atoms with Crippen LogP contribution >= 0.6 is 0 Å². The molecule has 0 spiro atoms. The third kappa shape index (κ3) is 6.84. The van der Waals surface area contributed by atoms with Crippen LogP contribution in [0.5, 0.6) is 11.8 Å². The molecule has 10 heteroatoms. The minimum Gasteiger partial charge on any atom is -0.497 e. The molecule has 2 aromatic heterocycles. The van der Waals surface area contributed by atoms with E-state index in [-0.39, 0.29) is 11.8 Å². The normalized spacial score (nSPS) is 11.3. The van der Waals surface area contributed by atoms with Gasteiger partial charge < -0.3 is 30.0 Å². The molecular formula is C32H36FN7O2. The number of benzene rings is 3. The average Bonchev–Trinajstić information content (AvgIpc) is 3.48. The number of ether oxygens (including phenoxy) is 2. The number of aromatic nitrogens is 4. The van der Waals surface area contributed by atoms with Gasteiger partial charge in [-0.2, -0.15) is 9.97 Å². The number of fused-ring (bicyclic) bond motifs is 1. The molecule has 0 aliphatic carbocycles. The number of methoxy groups -OCH3 is 2. The fourth-order valence-electron chi connectivity index (χ4n) is 4.82. The van der Waals surface area contributed by atoms with E-state index in [2.05, 4.69) is 35.5 Å². The number of aromatic amines is 1. The molecule has 0 bridgehead atoms. The molecular weight excluding hydrogens is 533 g/mol. The molecule has 3 aromatic carbocycles. The van der Waals surface area contributed by atoms with E-state index in [9.17, 15) is 0 Å². The van der Waals surface area contributed by atoms with Crippen LogP contribution in [-0.4, -0.2) is 72.8 Å². The van der Waals surface area contributed by atoms with Crippen LogP contribution in [0.25, 0.3) is 33.4 Å². The Morgan fingerprint density at radius 2 is 1.76 bits per heavy atom. The summed E-state index contributed by atoms with van der Waals surface area (Å²) >= 11 is 0. The van der Waals surface area contributed by atoms with Crippen LogP contribution in [0.3, 0.4) is 0 Å². The zero-order valence-corrected chi connectivity index (χ0v) is 24.4. The van der Waals surface area contributed by atoms with Crippen molar-refractivity contribution in [3.8, 4) is 34.1 Å². The highest BCUT2D eigenvalue weighted by atomic mass is 19.1. The number of rotatable bonds is 13. The van der Waals surface area contributed by atoms with Crippen molar-refractivity contribution in [2.45, 2.75) is 13.0 Å². The molecule has 0 radical (unpaired) electrons. The Morgan fingerprint density at radius 1 is 0.929 bits per heavy atom. The van der Waals surface area contributed by atoms with Crippen LogP contribution in [0.2, 0.25) is 0 Å². The van der Waals surface area contributed by atoms with Crippen LogP contribution in [0.15, 0.2) is 67.0 Å². The lowest BCUT2D eigenvalue weighted by atomic mass is 9.91. The van der Waals surface area contributed by atoms with E-state index in [4.69, 9.17) is 9.47 Å². The van der Waals surface area contributed by atoms with E-state index in [0.29, 0.717) is 30.2 Å². The summed E-state index contributed by atoms with van der Waals surface area (Å²) in [4.78, 5) is 18.8. The lowest BCUT2D eigenvalue weighted by molar-refractivity contribution is 0.381. The predicted octanol–water partition coefficient (Wildman–Crippen LogP) is 5.15. The first-order chi connectivity index (χ1) is 20.4. The smallest absolute Gasteiger partial charge is 0.318 e. The van der Waals surface area contributed by atoms with Gasteiger partial charge in [0.25, 0.3) is 0 Å². The highest BCUT2D eigenvalue weighted by molar-refractivity contribution is 5.89. The SMILES string of the molecule is COc1ccc(CCNc2cc(-c3ccc(F)c(CNCCN(C)C)c3-c3ccc4nc[nH]c4c3)nc(OC)n2)cc1. The zero-order valence-electron chi connectivity index (χ0n) is 24.4. The Labute approximate surface area is 245 Å². The molecule has 2 heterocycles. The molecule has 218 valence electrons. The molecule has 0 saturated heterocycles. The Morgan fingerprint density at radius 3 is 2.52 bits per heavy atom. The summed E-state index contributed by atoms with van der Waals surface area (Å²) in [5, 5.41) is 6.80. The molecule has 0 unspecified atom stereocenters. The highest BCUT2D eigenvalue weighted by Gasteiger charge is 2.20. The summed E-state index contributed by atoms with van der Waals surface area (Å²) < 4.78 is 26.3. The van der Waals surface area contributed by atoms with Crippen molar-refractivity contribution in [1.29, 1.82) is 0 Å². The minimum absolute atomic E-state index is 0.226. The number of imidazole rings is 1. The van der Waals surface area contributed by atoms with Crippen LogP contribution in [0.4, 0.5) is 10.2 Å². The van der Waals surface area contributed by atoms with Gasteiger partial charge in [-0.3, -0.25) is 0 Å². The predicted molar refractivity (Wildman–Crippen MR) is 165 cm³/mol. The van der Waals surface area contributed by atoms with E-state index in [1.807, 2.05) is 62.6 Å². The van der Waals surface area contributed by atoms with E-state index in [1.54, 1.807) is 19.5 Å². The van der Waals surface area contributed by atoms with Crippen molar-refractivity contribution < 1.29 is 13.9 Å². The molecule has 0 amide bonds. The maximum absolute atomic E-state index is 15.5. The molecule has 5 aromatic rings. The fraction of sp³-hybridized carbons (Fsp3) is 0.281. The summed E-state index contributed by atoms with van der Waals surface area (Å²) in [7, 11) is 7.22. The first-order valence-electron chi connectivity index (χ1n) is 13.9. The summed E-state index contributed by atoms with van der Waals surface area (Å²) in [6, 6.07) is 19.3. The Balaban J connectivity index is 1.50. The maximum atomic E-state index is 15.5. The minimum atomic E-state index is -0.283. The quantitative estimate of drug-likeness (QED) is 0.168. The van der Waals surface area contributed by atoms with Crippen molar-refractivity contribution in [1.82, 2.24) is 30.2 Å². The van der Waals surface area contributed by atoms with Gasteiger partial charge in [-0.15, -0.1) is 0 Å². The molecule has 0 atom stereocenters. The van der Waals surface area contributed by atoms with Crippen molar-refractivity contribution in [3.05, 3.63) is 83.9 Å². The van der Waals surface area contributed by atoms with E-state index in [0.717, 1.165) is 53.0 Å². The zero-order chi connectivity index (χ0) is 29.5. The Hall–Kier alpha value is -4.54. The summed E-state index contributed by atoms with van der Waals surface area (Å²) in [6.45, 7) is 2.57. The van der Waals surface area contributed by atoms with Crippen molar-refractivity contribution in [3.63, 3.8) is 0 Å². The number of nitrogens with one attached hydrogen (secondary N) is 3. The molecule has 9 nitrogen and oxygen atoms in total. The van der Waals surface area contributed by atoms with Crippen LogP contribution in [-0.2, 0) is 13.0 Å². The highest BCUT2D eigenvalue weighted by Crippen LogP contribution is 2.38. The lowest BCUT2D eigenvalue weighted by Gasteiger charge is -2.18. The summed E-state index contributed by atoms with van der Waals surface area (Å²) in [5.74, 6) is 1.16. The number of nitrogens with zero attached hydrogens (tertiary/aromatic N) is 4. The fourth-order valence-corrected chi connectivity index (χ4v) is 4.82. The average molecular weight is 570 g/mol. The molecule has 5 rings (SSSR count). The summed E-state index contributed by atoms with van der Waals surface area (Å²) in [5.41, 5.74) is 6.47. The number of H-pyrrole nitrogens is 1. The number of halogens is 1. The van der Waals surface area contributed by atoms with Crippen molar-refractivity contribution >= 4 is 16.9 Å². The summed E-state index contributed by atoms with van der Waals surface area (Å²) in [6.07, 6.45) is 2.45. The molecule has 0 aliphatic rings. The molecule has 0 fully saturated rings. The standard InChI is InChI=1S/C32H36FN7O2/c1-40(2)16-15-34-19-25-26(33)11-10-24(31(25)22-7-12-27-29(17-22)37-20-36-27)28-18-30(39-32(38-28)42-4)35-14-13-21-5-8-23(41-3)9-6-21/h5-12,17-18,20,34H,13-16,19H2,1-4H3,(H,36,37)(H,35,38,39). The number of anilines is 1. The van der Waals surface area contributed by atoms with Gasteiger partial charge in [0.1, 0.15) is 17.4 Å². The maximum Gasteiger partial charge on any atom is 0.318 e. The largest absolute Gasteiger partial charge is 0.497 e. The third-order valence-electron chi connectivity index (χ3n) is 7.05. The van der Waals surface area contributed by atoms with Gasteiger partial charge in [0.15, 0.2) is 0 Å². The van der Waals surface area contributed by atoms with Crippen molar-refractivity contribution in [2.75, 3.05) is 53.3 Å². The second kappa shape index (κ2) is 13.4. The lowest BCUT2D eigenvalue weighted by Crippen LogP contribution is -2.26. The monoisotopic (exact) mass is 569 g/mol. The molecule has 0 saturated carbocycles. The molecule has 3 N–H and O–H groups in total. The van der Waals surface area contributed by atoms with Gasteiger partial charge in [-0.25, -0.2) is 9.37 Å². The second-order valence-electron chi connectivity index (χ2n) is 10.2. The van der Waals surface area contributed by atoms with Crippen molar-refractivity contribution in [2.24, 2.45) is 0 Å². The van der Waals surface area contributed by atoms with Crippen LogP contribution in [0, 0.1) is 5.82 Å². The van der Waals surface area contributed by atoms with E-state index >= 15 is 4.39 Å². The number of hydrogen-bond acceptors (Lipinski definition) is 8. The van der Waals surface area contributed by atoms with Gasteiger partial charge in [-0.1, -0.05) is 18.2 Å². The van der Waals surface area contributed by atoms with E-state index in [1.165, 1.54) is 18.7 Å². The van der Waals surface area contributed by atoms with Gasteiger partial charge in [-0.05, 0) is 73.6 Å². The van der Waals surface area contributed by atoms with Crippen LogP contribution in [0.1, 0.15) is 11.1 Å². The van der Waals surface area contributed by atoms with Crippen LogP contribution < -0.4 is 20.1 Å². The third-order valence-corrected chi connectivity index (χ3v) is 7.05. The van der Waals surface area contributed by atoms with Gasteiger partial charge >= 0.3 is 6.01 Å². The van der Waals surface area contributed by atoms with Gasteiger partial charge in [0.05, 0.1) is 37.3 Å². The second-order valence-corrected chi connectivity index (χ2v) is 10.2. The topological polar surface area (TPSA) is 100 Å². The van der Waals surface area contributed by atoms with Gasteiger partial charge in [0, 0.05) is 43.4 Å². The van der Waals surface area contributed by atoms with E-state index < -0.39 is 0 Å². The van der Waals surface area contributed by atoms with Gasteiger partial charge in [0.2, 0.25) is 0 Å². The Kier molecular flexibility index (Phi) is 9.25. The number of hydrogen-bond donors (Lipinski definition) is 3. The first-order valence-corrected chi connectivity index (χ1v) is 13.9. The molecule has 42 heavy (non-hydrogen) atoms.